The molecular formula is C22H30N4O3S. The van der Waals surface area contributed by atoms with Gasteiger partial charge in [-0.25, -0.2) is 8.42 Å². The Kier molecular flexibility index (Phi) is 7.70. The monoisotopic (exact) mass is 430 g/mol. The van der Waals surface area contributed by atoms with Gasteiger partial charge >= 0.3 is 0 Å². The number of nitrogens with one attached hydrogen (secondary N) is 2. The highest BCUT2D eigenvalue weighted by atomic mass is 32.2. The Labute approximate surface area is 179 Å². The molecule has 1 heterocycles. The number of ether oxygens (including phenoxy) is 1. The first-order valence-electron chi connectivity index (χ1n) is 10.2. The van der Waals surface area contributed by atoms with Gasteiger partial charge in [0.05, 0.1) is 12.0 Å². The Bertz CT molecular complexity index is 970. The largest absolute Gasteiger partial charge is 0.497 e. The smallest absolute Gasteiger partial charge is 0.243 e. The topological polar surface area (TPSA) is 83.0 Å². The summed E-state index contributed by atoms with van der Waals surface area (Å²) in [6.45, 7) is 2.12. The number of piperidine rings is 1. The lowest BCUT2D eigenvalue weighted by Gasteiger charge is -2.27. The summed E-state index contributed by atoms with van der Waals surface area (Å²) in [6.07, 6.45) is 2.92. The van der Waals surface area contributed by atoms with E-state index in [2.05, 4.69) is 15.6 Å². The zero-order chi connectivity index (χ0) is 21.4. The molecule has 1 fully saturated rings. The van der Waals surface area contributed by atoms with E-state index in [-0.39, 0.29) is 0 Å². The fourth-order valence-corrected chi connectivity index (χ4v) is 5.25. The number of aliphatic imine (C=N–C) groups is 1. The molecule has 0 unspecified atom stereocenters. The van der Waals surface area contributed by atoms with E-state index < -0.39 is 10.0 Å². The van der Waals surface area contributed by atoms with Crippen molar-refractivity contribution in [2.24, 2.45) is 4.99 Å². The molecule has 0 spiro atoms. The number of guanidine groups is 1. The van der Waals surface area contributed by atoms with E-state index in [0.29, 0.717) is 37.0 Å². The third kappa shape index (κ3) is 5.52. The van der Waals surface area contributed by atoms with Crippen LogP contribution in [-0.4, -0.2) is 45.9 Å². The molecule has 2 N–H and O–H groups in total. The van der Waals surface area contributed by atoms with E-state index in [1.807, 2.05) is 36.4 Å². The van der Waals surface area contributed by atoms with Gasteiger partial charge < -0.3 is 15.4 Å². The fraction of sp³-hybridized carbons (Fsp3) is 0.409. The molecule has 8 heteroatoms. The van der Waals surface area contributed by atoms with Gasteiger partial charge in [0.25, 0.3) is 0 Å². The molecule has 2 aromatic rings. The average Bonchev–Trinajstić information content (AvgIpc) is 2.80. The number of sulfonamides is 1. The third-order valence-electron chi connectivity index (χ3n) is 5.17. The standard InChI is InChI=1S/C22H30N4O3S/c1-23-22(24-16-18-9-8-11-20(15-18)29-2)25-17-19-10-4-5-12-21(19)30(27,28)26-13-6-3-7-14-26/h4-5,8-12,15H,3,6-7,13-14,16-17H2,1-2H3,(H2,23,24,25). The van der Waals surface area contributed by atoms with E-state index in [1.54, 1.807) is 30.6 Å². The second-order valence-corrected chi connectivity index (χ2v) is 9.11. The van der Waals surface area contributed by atoms with Crippen molar-refractivity contribution in [3.05, 3.63) is 59.7 Å². The number of nitrogens with zero attached hydrogens (tertiary/aromatic N) is 2. The van der Waals surface area contributed by atoms with Crippen LogP contribution in [0.1, 0.15) is 30.4 Å². The molecule has 0 bridgehead atoms. The molecule has 1 aliphatic heterocycles. The molecule has 0 saturated carbocycles. The summed E-state index contributed by atoms with van der Waals surface area (Å²) < 4.78 is 33.1. The van der Waals surface area contributed by atoms with E-state index in [9.17, 15) is 8.42 Å². The molecular weight excluding hydrogens is 400 g/mol. The van der Waals surface area contributed by atoms with Crippen molar-refractivity contribution in [3.8, 4) is 5.75 Å². The van der Waals surface area contributed by atoms with Gasteiger partial charge in [-0.05, 0) is 42.2 Å². The van der Waals surface area contributed by atoms with Gasteiger partial charge in [0.15, 0.2) is 5.96 Å². The summed E-state index contributed by atoms with van der Waals surface area (Å²) in [5, 5.41) is 6.48. The zero-order valence-corrected chi connectivity index (χ0v) is 18.4. The van der Waals surface area contributed by atoms with Crippen LogP contribution in [0, 0.1) is 0 Å². The number of hydrogen-bond donors (Lipinski definition) is 2. The van der Waals surface area contributed by atoms with Crippen molar-refractivity contribution in [3.63, 3.8) is 0 Å². The third-order valence-corrected chi connectivity index (χ3v) is 7.17. The molecule has 3 rings (SSSR count). The predicted octanol–water partition coefficient (Wildman–Crippen LogP) is 2.74. The van der Waals surface area contributed by atoms with Crippen LogP contribution in [0.5, 0.6) is 5.75 Å². The van der Waals surface area contributed by atoms with Crippen LogP contribution in [0.2, 0.25) is 0 Å². The van der Waals surface area contributed by atoms with Gasteiger partial charge in [0.1, 0.15) is 5.75 Å². The number of benzene rings is 2. The highest BCUT2D eigenvalue weighted by molar-refractivity contribution is 7.89. The van der Waals surface area contributed by atoms with Crippen molar-refractivity contribution in [2.45, 2.75) is 37.2 Å². The van der Waals surface area contributed by atoms with E-state index in [0.717, 1.165) is 36.1 Å². The van der Waals surface area contributed by atoms with E-state index >= 15 is 0 Å². The number of methoxy groups -OCH3 is 1. The molecule has 1 saturated heterocycles. The van der Waals surface area contributed by atoms with Crippen molar-refractivity contribution in [2.75, 3.05) is 27.2 Å². The Hall–Kier alpha value is -2.58. The lowest BCUT2D eigenvalue weighted by molar-refractivity contribution is 0.346. The van der Waals surface area contributed by atoms with Gasteiger partial charge in [-0.3, -0.25) is 4.99 Å². The Morgan fingerprint density at radius 3 is 2.50 bits per heavy atom. The molecule has 0 amide bonds. The minimum atomic E-state index is -3.49. The molecule has 1 aliphatic rings. The van der Waals surface area contributed by atoms with Crippen LogP contribution in [0.4, 0.5) is 0 Å². The molecule has 7 nitrogen and oxygen atoms in total. The van der Waals surface area contributed by atoms with Crippen LogP contribution in [0.3, 0.4) is 0 Å². The first-order valence-corrected chi connectivity index (χ1v) is 11.6. The fourth-order valence-electron chi connectivity index (χ4n) is 3.51. The lowest BCUT2D eigenvalue weighted by atomic mass is 10.2. The Morgan fingerprint density at radius 2 is 1.77 bits per heavy atom. The summed E-state index contributed by atoms with van der Waals surface area (Å²) in [6, 6.07) is 15.0. The van der Waals surface area contributed by atoms with Gasteiger partial charge in [0, 0.05) is 33.2 Å². The predicted molar refractivity (Wildman–Crippen MR) is 119 cm³/mol. The maximum atomic E-state index is 13.1. The second-order valence-electron chi connectivity index (χ2n) is 7.20. The minimum Gasteiger partial charge on any atom is -0.497 e. The maximum absolute atomic E-state index is 13.1. The van der Waals surface area contributed by atoms with E-state index in [4.69, 9.17) is 4.74 Å². The van der Waals surface area contributed by atoms with Gasteiger partial charge in [-0.2, -0.15) is 4.31 Å². The molecule has 0 radical (unpaired) electrons. The maximum Gasteiger partial charge on any atom is 0.243 e. The first kappa shape index (κ1) is 22.1. The Morgan fingerprint density at radius 1 is 1.03 bits per heavy atom. The number of hydrogen-bond acceptors (Lipinski definition) is 4. The highest BCUT2D eigenvalue weighted by Crippen LogP contribution is 2.23. The van der Waals surface area contributed by atoms with Gasteiger partial charge in [0.2, 0.25) is 10.0 Å². The molecule has 162 valence electrons. The Balaban J connectivity index is 1.66. The van der Waals surface area contributed by atoms with Crippen molar-refractivity contribution in [1.29, 1.82) is 0 Å². The zero-order valence-electron chi connectivity index (χ0n) is 17.6. The summed E-state index contributed by atoms with van der Waals surface area (Å²) in [4.78, 5) is 4.61. The number of rotatable bonds is 7. The first-order chi connectivity index (χ1) is 14.5. The molecule has 0 aromatic heterocycles. The summed E-state index contributed by atoms with van der Waals surface area (Å²) in [5.41, 5.74) is 1.79. The lowest BCUT2D eigenvalue weighted by Crippen LogP contribution is -2.38. The van der Waals surface area contributed by atoms with Crippen LogP contribution >= 0.6 is 0 Å². The van der Waals surface area contributed by atoms with Crippen LogP contribution < -0.4 is 15.4 Å². The van der Waals surface area contributed by atoms with Gasteiger partial charge in [-0.1, -0.05) is 36.8 Å². The molecule has 0 aliphatic carbocycles. The minimum absolute atomic E-state index is 0.362. The average molecular weight is 431 g/mol. The highest BCUT2D eigenvalue weighted by Gasteiger charge is 2.27. The SMILES string of the molecule is CN=C(NCc1cccc(OC)c1)NCc1ccccc1S(=O)(=O)N1CCCCC1. The van der Waals surface area contributed by atoms with Crippen LogP contribution in [-0.2, 0) is 23.1 Å². The summed E-state index contributed by atoms with van der Waals surface area (Å²) in [7, 11) is -0.158. The summed E-state index contributed by atoms with van der Waals surface area (Å²) >= 11 is 0. The molecule has 30 heavy (non-hydrogen) atoms. The van der Waals surface area contributed by atoms with Crippen molar-refractivity contribution in [1.82, 2.24) is 14.9 Å². The van der Waals surface area contributed by atoms with Crippen molar-refractivity contribution < 1.29 is 13.2 Å². The van der Waals surface area contributed by atoms with Crippen LogP contribution in [0.15, 0.2) is 58.4 Å². The molecule has 0 atom stereocenters. The summed E-state index contributed by atoms with van der Waals surface area (Å²) in [5.74, 6) is 1.40. The van der Waals surface area contributed by atoms with Gasteiger partial charge in [-0.15, -0.1) is 0 Å². The molecule has 2 aromatic carbocycles. The second kappa shape index (κ2) is 10.4. The normalized spacial score (nSPS) is 15.6. The van der Waals surface area contributed by atoms with Crippen molar-refractivity contribution >= 4 is 16.0 Å². The van der Waals surface area contributed by atoms with Crippen LogP contribution in [0.25, 0.3) is 0 Å². The van der Waals surface area contributed by atoms with E-state index in [1.165, 1.54) is 0 Å². The quantitative estimate of drug-likeness (QED) is 0.521.